The van der Waals surface area contributed by atoms with Crippen LogP contribution in [0.1, 0.15) is 35.6 Å². The molecule has 1 heterocycles. The zero-order chi connectivity index (χ0) is 16.5. The lowest BCUT2D eigenvalue weighted by Gasteiger charge is -2.11. The average molecular weight is 316 g/mol. The van der Waals surface area contributed by atoms with Crippen molar-refractivity contribution in [1.29, 1.82) is 5.26 Å². The summed E-state index contributed by atoms with van der Waals surface area (Å²) in [5.74, 6) is 1.24. The Balaban J connectivity index is 1.93. The standard InChI is InChI=1S/C21H20N2O/c1-24-19-9-5-8-17-21(19)20-16(12-13-22)10-11-18(20)23(17)14-15-6-3-2-4-7-15/h2-9,16H,10-12,14H2,1H3. The van der Waals surface area contributed by atoms with E-state index < -0.39 is 0 Å². The summed E-state index contributed by atoms with van der Waals surface area (Å²) in [6.45, 7) is 0.860. The summed E-state index contributed by atoms with van der Waals surface area (Å²) in [6.07, 6.45) is 2.67. The van der Waals surface area contributed by atoms with Gasteiger partial charge in [-0.3, -0.25) is 0 Å². The first-order valence-corrected chi connectivity index (χ1v) is 8.42. The number of benzene rings is 2. The number of methoxy groups -OCH3 is 1. The largest absolute Gasteiger partial charge is 0.496 e. The van der Waals surface area contributed by atoms with Crippen LogP contribution in [0.5, 0.6) is 5.75 Å². The molecule has 2 aromatic carbocycles. The maximum atomic E-state index is 9.20. The van der Waals surface area contributed by atoms with Gasteiger partial charge < -0.3 is 9.30 Å². The molecule has 0 aliphatic heterocycles. The van der Waals surface area contributed by atoms with Crippen molar-refractivity contribution in [3.63, 3.8) is 0 Å². The molecule has 0 N–H and O–H groups in total. The van der Waals surface area contributed by atoms with Crippen LogP contribution in [0.4, 0.5) is 0 Å². The van der Waals surface area contributed by atoms with Gasteiger partial charge in [-0.05, 0) is 42.0 Å². The molecule has 3 nitrogen and oxygen atoms in total. The maximum Gasteiger partial charge on any atom is 0.128 e. The highest BCUT2D eigenvalue weighted by Gasteiger charge is 2.31. The summed E-state index contributed by atoms with van der Waals surface area (Å²) in [5, 5.41) is 10.4. The maximum absolute atomic E-state index is 9.20. The van der Waals surface area contributed by atoms with E-state index in [0.717, 1.165) is 25.1 Å². The van der Waals surface area contributed by atoms with E-state index in [2.05, 4.69) is 47.0 Å². The van der Waals surface area contributed by atoms with E-state index >= 15 is 0 Å². The van der Waals surface area contributed by atoms with Crippen LogP contribution in [0.3, 0.4) is 0 Å². The topological polar surface area (TPSA) is 38.0 Å². The molecule has 0 amide bonds. The first-order chi connectivity index (χ1) is 11.8. The average Bonchev–Trinajstić information content (AvgIpc) is 3.16. The lowest BCUT2D eigenvalue weighted by molar-refractivity contribution is 0.419. The van der Waals surface area contributed by atoms with Crippen molar-refractivity contribution in [1.82, 2.24) is 4.57 Å². The van der Waals surface area contributed by atoms with Crippen molar-refractivity contribution in [2.24, 2.45) is 0 Å². The van der Waals surface area contributed by atoms with Crippen molar-refractivity contribution in [3.05, 3.63) is 65.4 Å². The molecule has 1 atom stereocenters. The smallest absolute Gasteiger partial charge is 0.128 e. The Morgan fingerprint density at radius 1 is 1.17 bits per heavy atom. The monoisotopic (exact) mass is 316 g/mol. The fourth-order valence-corrected chi connectivity index (χ4v) is 4.05. The molecule has 3 aromatic rings. The van der Waals surface area contributed by atoms with Gasteiger partial charge in [0.15, 0.2) is 0 Å². The molecular formula is C21H20N2O. The molecule has 4 rings (SSSR count). The second-order valence-corrected chi connectivity index (χ2v) is 6.38. The van der Waals surface area contributed by atoms with E-state index in [9.17, 15) is 5.26 Å². The second kappa shape index (κ2) is 6.05. The van der Waals surface area contributed by atoms with Crippen molar-refractivity contribution < 1.29 is 4.74 Å². The van der Waals surface area contributed by atoms with Gasteiger partial charge in [0.05, 0.1) is 18.7 Å². The minimum absolute atomic E-state index is 0.320. The van der Waals surface area contributed by atoms with E-state index in [0.29, 0.717) is 12.3 Å². The normalized spacial score (nSPS) is 16.1. The van der Waals surface area contributed by atoms with Gasteiger partial charge in [-0.15, -0.1) is 0 Å². The van der Waals surface area contributed by atoms with E-state index in [4.69, 9.17) is 4.74 Å². The van der Waals surface area contributed by atoms with Gasteiger partial charge in [-0.1, -0.05) is 36.4 Å². The van der Waals surface area contributed by atoms with Gasteiger partial charge in [0.2, 0.25) is 0 Å². The summed E-state index contributed by atoms with van der Waals surface area (Å²) in [7, 11) is 1.73. The highest BCUT2D eigenvalue weighted by molar-refractivity contribution is 5.92. The zero-order valence-corrected chi connectivity index (χ0v) is 13.8. The molecule has 120 valence electrons. The Labute approximate surface area is 142 Å². The molecule has 24 heavy (non-hydrogen) atoms. The number of ether oxygens (including phenoxy) is 1. The van der Waals surface area contributed by atoms with Crippen LogP contribution < -0.4 is 4.74 Å². The van der Waals surface area contributed by atoms with Crippen LogP contribution in [0.25, 0.3) is 10.9 Å². The summed E-state index contributed by atoms with van der Waals surface area (Å²) in [6, 6.07) is 19.2. The highest BCUT2D eigenvalue weighted by atomic mass is 16.5. The Morgan fingerprint density at radius 3 is 2.75 bits per heavy atom. The molecule has 0 radical (unpaired) electrons. The highest BCUT2D eigenvalue weighted by Crippen LogP contribution is 2.45. The lowest BCUT2D eigenvalue weighted by atomic mass is 9.97. The van der Waals surface area contributed by atoms with Crippen LogP contribution >= 0.6 is 0 Å². The fourth-order valence-electron chi connectivity index (χ4n) is 4.05. The third-order valence-electron chi connectivity index (χ3n) is 5.08. The second-order valence-electron chi connectivity index (χ2n) is 6.38. The molecule has 1 aliphatic rings. The van der Waals surface area contributed by atoms with Crippen LogP contribution in [0, 0.1) is 11.3 Å². The van der Waals surface area contributed by atoms with Gasteiger partial charge in [-0.2, -0.15) is 5.26 Å². The SMILES string of the molecule is COc1cccc2c1c1c(n2Cc2ccccc2)CCC1CC#N. The summed E-state index contributed by atoms with van der Waals surface area (Å²) >= 11 is 0. The fraction of sp³-hybridized carbons (Fsp3) is 0.286. The molecule has 3 heteroatoms. The molecule has 0 bridgehead atoms. The van der Waals surface area contributed by atoms with Crippen LogP contribution in [0.2, 0.25) is 0 Å². The third-order valence-corrected chi connectivity index (χ3v) is 5.08. The molecule has 0 saturated carbocycles. The number of nitriles is 1. The molecule has 0 spiro atoms. The number of aromatic nitrogens is 1. The third kappa shape index (κ3) is 2.27. The van der Waals surface area contributed by atoms with Gasteiger partial charge in [0, 0.05) is 24.0 Å². The zero-order valence-electron chi connectivity index (χ0n) is 13.8. The number of hydrogen-bond acceptors (Lipinski definition) is 2. The minimum Gasteiger partial charge on any atom is -0.496 e. The number of nitrogens with zero attached hydrogens (tertiary/aromatic N) is 2. The first-order valence-electron chi connectivity index (χ1n) is 8.42. The van der Waals surface area contributed by atoms with E-state index in [-0.39, 0.29) is 0 Å². The number of fused-ring (bicyclic) bond motifs is 3. The van der Waals surface area contributed by atoms with E-state index in [1.807, 2.05) is 12.1 Å². The Morgan fingerprint density at radius 2 is 2.00 bits per heavy atom. The Bertz CT molecular complexity index is 918. The molecule has 1 unspecified atom stereocenters. The Hall–Kier alpha value is -2.73. The molecule has 1 aliphatic carbocycles. The predicted octanol–water partition coefficient (Wildman–Crippen LogP) is 4.64. The molecular weight excluding hydrogens is 296 g/mol. The van der Waals surface area contributed by atoms with E-state index in [1.54, 1.807) is 7.11 Å². The van der Waals surface area contributed by atoms with E-state index in [1.165, 1.54) is 27.7 Å². The van der Waals surface area contributed by atoms with Gasteiger partial charge in [-0.25, -0.2) is 0 Å². The quantitative estimate of drug-likeness (QED) is 0.703. The van der Waals surface area contributed by atoms with Crippen molar-refractivity contribution in [3.8, 4) is 11.8 Å². The molecule has 0 saturated heterocycles. The van der Waals surface area contributed by atoms with Crippen LogP contribution in [-0.4, -0.2) is 11.7 Å². The summed E-state index contributed by atoms with van der Waals surface area (Å²) < 4.78 is 8.06. The number of hydrogen-bond donors (Lipinski definition) is 0. The minimum atomic E-state index is 0.320. The van der Waals surface area contributed by atoms with Crippen LogP contribution in [-0.2, 0) is 13.0 Å². The predicted molar refractivity (Wildman–Crippen MR) is 95.3 cm³/mol. The van der Waals surface area contributed by atoms with Gasteiger partial charge in [0.25, 0.3) is 0 Å². The van der Waals surface area contributed by atoms with Crippen molar-refractivity contribution in [2.45, 2.75) is 31.7 Å². The van der Waals surface area contributed by atoms with Crippen molar-refractivity contribution in [2.75, 3.05) is 7.11 Å². The van der Waals surface area contributed by atoms with Crippen molar-refractivity contribution >= 4 is 10.9 Å². The lowest BCUT2D eigenvalue weighted by Crippen LogP contribution is -2.03. The Kier molecular flexibility index (Phi) is 3.74. The summed E-state index contributed by atoms with van der Waals surface area (Å²) in [5.41, 5.74) is 5.22. The molecule has 0 fully saturated rings. The van der Waals surface area contributed by atoms with Gasteiger partial charge in [0.1, 0.15) is 5.75 Å². The van der Waals surface area contributed by atoms with Gasteiger partial charge >= 0.3 is 0 Å². The van der Waals surface area contributed by atoms with Crippen LogP contribution in [0.15, 0.2) is 48.5 Å². The number of rotatable bonds is 4. The molecule has 1 aromatic heterocycles. The summed E-state index contributed by atoms with van der Waals surface area (Å²) in [4.78, 5) is 0. The first kappa shape index (κ1) is 14.8.